The molecule has 3 rings (SSSR count). The molecule has 2 aliphatic rings. The predicted molar refractivity (Wildman–Crippen MR) is 79.4 cm³/mol. The van der Waals surface area contributed by atoms with Crippen LogP contribution in [0.15, 0.2) is 18.2 Å². The first-order valence-electron chi connectivity index (χ1n) is 7.44. The van der Waals surface area contributed by atoms with Crippen molar-refractivity contribution in [2.45, 2.75) is 18.6 Å². The first-order valence-corrected chi connectivity index (χ1v) is 7.44. The van der Waals surface area contributed by atoms with E-state index in [1.54, 1.807) is 0 Å². The molecule has 2 aliphatic heterocycles. The molecule has 2 atom stereocenters. The summed E-state index contributed by atoms with van der Waals surface area (Å²) in [4.78, 5) is 2.25. The minimum absolute atomic E-state index is 0.0264. The maximum absolute atomic E-state index is 5.87. The molecule has 1 aromatic rings. The Bertz CT molecular complexity index is 483. The van der Waals surface area contributed by atoms with Gasteiger partial charge in [-0.3, -0.25) is 11.3 Å². The van der Waals surface area contributed by atoms with Gasteiger partial charge in [0.1, 0.15) is 0 Å². The van der Waals surface area contributed by atoms with E-state index in [-0.39, 0.29) is 12.1 Å². The number of hydrazine groups is 1. The number of ether oxygens (including phenoxy) is 3. The number of nitrogens with one attached hydrogen (secondary N) is 1. The molecule has 2 heterocycles. The lowest BCUT2D eigenvalue weighted by atomic mass is 10.00. The van der Waals surface area contributed by atoms with Gasteiger partial charge in [-0.15, -0.1) is 0 Å². The average Bonchev–Trinajstić information content (AvgIpc) is 2.73. The second kappa shape index (κ2) is 6.62. The van der Waals surface area contributed by atoms with Crippen LogP contribution in [0.5, 0.6) is 11.5 Å². The molecule has 3 N–H and O–H groups in total. The summed E-state index contributed by atoms with van der Waals surface area (Å²) in [5.41, 5.74) is 3.94. The summed E-state index contributed by atoms with van der Waals surface area (Å²) in [5.74, 6) is 7.35. The Kier molecular flexibility index (Phi) is 4.60. The second-order valence-corrected chi connectivity index (χ2v) is 5.57. The van der Waals surface area contributed by atoms with Crippen LogP contribution < -0.4 is 20.7 Å². The average molecular weight is 293 g/mol. The topological polar surface area (TPSA) is 69.0 Å². The van der Waals surface area contributed by atoms with E-state index < -0.39 is 0 Å². The first-order chi connectivity index (χ1) is 10.3. The van der Waals surface area contributed by atoms with Crippen LogP contribution in [0.4, 0.5) is 0 Å². The van der Waals surface area contributed by atoms with Gasteiger partial charge < -0.3 is 19.1 Å². The predicted octanol–water partition coefficient (Wildman–Crippen LogP) is 0.683. The molecule has 21 heavy (non-hydrogen) atoms. The summed E-state index contributed by atoms with van der Waals surface area (Å²) in [6, 6.07) is 5.91. The monoisotopic (exact) mass is 293 g/mol. The zero-order valence-corrected chi connectivity index (χ0v) is 12.4. The highest BCUT2D eigenvalue weighted by Crippen LogP contribution is 2.33. The lowest BCUT2D eigenvalue weighted by Crippen LogP contribution is -2.48. The van der Waals surface area contributed by atoms with Crippen molar-refractivity contribution in [3.05, 3.63) is 23.8 Å². The highest BCUT2D eigenvalue weighted by atomic mass is 16.5. The largest absolute Gasteiger partial charge is 0.490 e. The molecule has 0 radical (unpaired) electrons. The molecule has 116 valence electrons. The van der Waals surface area contributed by atoms with Crippen LogP contribution in [-0.4, -0.2) is 51.0 Å². The summed E-state index contributed by atoms with van der Waals surface area (Å²) in [7, 11) is 2.09. The molecule has 0 bridgehead atoms. The van der Waals surface area contributed by atoms with Crippen LogP contribution in [0.25, 0.3) is 0 Å². The fourth-order valence-corrected chi connectivity index (χ4v) is 2.80. The molecule has 2 unspecified atom stereocenters. The molecule has 1 fully saturated rings. The normalized spacial score (nSPS) is 24.4. The number of nitrogens with zero attached hydrogens (tertiary/aromatic N) is 1. The Morgan fingerprint density at radius 2 is 2.05 bits per heavy atom. The Morgan fingerprint density at radius 3 is 2.81 bits per heavy atom. The molecule has 6 nitrogen and oxygen atoms in total. The highest BCUT2D eigenvalue weighted by molar-refractivity contribution is 5.44. The summed E-state index contributed by atoms with van der Waals surface area (Å²) in [6.45, 7) is 3.91. The van der Waals surface area contributed by atoms with Crippen molar-refractivity contribution in [1.82, 2.24) is 10.3 Å². The maximum Gasteiger partial charge on any atom is 0.161 e. The maximum atomic E-state index is 5.87. The number of likely N-dealkylation sites (N-methyl/N-ethyl adjacent to an activating group) is 1. The van der Waals surface area contributed by atoms with Crippen molar-refractivity contribution in [2.24, 2.45) is 5.84 Å². The van der Waals surface area contributed by atoms with E-state index in [1.165, 1.54) is 0 Å². The van der Waals surface area contributed by atoms with Gasteiger partial charge in [-0.1, -0.05) is 6.07 Å². The van der Waals surface area contributed by atoms with Gasteiger partial charge in [-0.25, -0.2) is 0 Å². The van der Waals surface area contributed by atoms with Gasteiger partial charge in [-0.05, 0) is 24.7 Å². The van der Waals surface area contributed by atoms with Crippen molar-refractivity contribution in [2.75, 3.05) is 40.0 Å². The summed E-state index contributed by atoms with van der Waals surface area (Å²) in [5, 5.41) is 0. The molecule has 0 spiro atoms. The molecular formula is C15H23N3O3. The molecule has 0 saturated carbocycles. The molecule has 0 aliphatic carbocycles. The van der Waals surface area contributed by atoms with Crippen molar-refractivity contribution < 1.29 is 14.2 Å². The third kappa shape index (κ3) is 3.29. The minimum Gasteiger partial charge on any atom is -0.490 e. The number of nitrogens with two attached hydrogens (primary N) is 1. The van der Waals surface area contributed by atoms with Gasteiger partial charge >= 0.3 is 0 Å². The van der Waals surface area contributed by atoms with E-state index in [4.69, 9.17) is 20.1 Å². The fraction of sp³-hybridized carbons (Fsp3) is 0.600. The van der Waals surface area contributed by atoms with Crippen LogP contribution in [0.1, 0.15) is 18.0 Å². The van der Waals surface area contributed by atoms with E-state index in [2.05, 4.69) is 17.4 Å². The van der Waals surface area contributed by atoms with Gasteiger partial charge in [0.25, 0.3) is 0 Å². The van der Waals surface area contributed by atoms with Gasteiger partial charge in [0, 0.05) is 19.5 Å². The zero-order valence-electron chi connectivity index (χ0n) is 12.4. The molecule has 1 saturated heterocycles. The molecule has 1 aromatic carbocycles. The number of rotatable bonds is 3. The van der Waals surface area contributed by atoms with Crippen molar-refractivity contribution in [1.29, 1.82) is 0 Å². The van der Waals surface area contributed by atoms with E-state index in [0.29, 0.717) is 13.2 Å². The summed E-state index contributed by atoms with van der Waals surface area (Å²) >= 11 is 0. The zero-order chi connectivity index (χ0) is 14.7. The van der Waals surface area contributed by atoms with Gasteiger partial charge in [-0.2, -0.15) is 0 Å². The molecular weight excluding hydrogens is 270 g/mol. The summed E-state index contributed by atoms with van der Waals surface area (Å²) in [6.07, 6.45) is 0.928. The van der Waals surface area contributed by atoms with Gasteiger partial charge in [0.15, 0.2) is 11.5 Å². The van der Waals surface area contributed by atoms with Gasteiger partial charge in [0.2, 0.25) is 0 Å². The van der Waals surface area contributed by atoms with Crippen molar-refractivity contribution in [3.63, 3.8) is 0 Å². The minimum atomic E-state index is -0.0649. The summed E-state index contributed by atoms with van der Waals surface area (Å²) < 4.78 is 17.3. The lowest BCUT2D eigenvalue weighted by molar-refractivity contribution is -0.0393. The van der Waals surface area contributed by atoms with Crippen LogP contribution in [0.2, 0.25) is 0 Å². The lowest BCUT2D eigenvalue weighted by Gasteiger charge is -2.35. The van der Waals surface area contributed by atoms with Gasteiger partial charge in [0.05, 0.1) is 32.0 Å². The Hall–Kier alpha value is -1.34. The Labute approximate surface area is 125 Å². The van der Waals surface area contributed by atoms with Crippen LogP contribution in [-0.2, 0) is 4.74 Å². The number of hydrogen-bond acceptors (Lipinski definition) is 6. The third-order valence-corrected chi connectivity index (χ3v) is 3.98. The van der Waals surface area contributed by atoms with E-state index in [1.807, 2.05) is 18.2 Å². The SMILES string of the molecule is CN1CCOC(C(NN)c2ccc3c(c2)OCCCO3)C1. The van der Waals surface area contributed by atoms with Crippen LogP contribution in [0, 0.1) is 0 Å². The highest BCUT2D eigenvalue weighted by Gasteiger charge is 2.28. The third-order valence-electron chi connectivity index (χ3n) is 3.98. The van der Waals surface area contributed by atoms with Crippen LogP contribution in [0.3, 0.4) is 0 Å². The van der Waals surface area contributed by atoms with Crippen molar-refractivity contribution in [3.8, 4) is 11.5 Å². The number of fused-ring (bicyclic) bond motifs is 1. The number of morpholine rings is 1. The number of benzene rings is 1. The Morgan fingerprint density at radius 1 is 1.24 bits per heavy atom. The van der Waals surface area contributed by atoms with Crippen LogP contribution >= 0.6 is 0 Å². The smallest absolute Gasteiger partial charge is 0.161 e. The van der Waals surface area contributed by atoms with E-state index >= 15 is 0 Å². The Balaban J connectivity index is 1.81. The molecule has 0 amide bonds. The number of hydrogen-bond donors (Lipinski definition) is 2. The quantitative estimate of drug-likeness (QED) is 0.631. The standard InChI is InChI=1S/C15H23N3O3/c1-18-5-8-21-14(10-18)15(17-16)11-3-4-12-13(9-11)20-7-2-6-19-12/h3-4,9,14-15,17H,2,5-8,10,16H2,1H3. The first kappa shape index (κ1) is 14.6. The second-order valence-electron chi connectivity index (χ2n) is 5.57. The van der Waals surface area contributed by atoms with E-state index in [9.17, 15) is 0 Å². The molecule has 6 heteroatoms. The molecule has 0 aromatic heterocycles. The van der Waals surface area contributed by atoms with E-state index in [0.717, 1.165) is 43.2 Å². The fourth-order valence-electron chi connectivity index (χ4n) is 2.80. The van der Waals surface area contributed by atoms with Crippen molar-refractivity contribution >= 4 is 0 Å².